The van der Waals surface area contributed by atoms with Gasteiger partial charge in [-0.15, -0.1) is 0 Å². The Kier molecular flexibility index (Phi) is 4.39. The van der Waals surface area contributed by atoms with Crippen molar-refractivity contribution in [2.45, 2.75) is 50.8 Å². The van der Waals surface area contributed by atoms with Gasteiger partial charge in [-0.2, -0.15) is 0 Å². The maximum Gasteiger partial charge on any atom is 0.0395 e. The summed E-state index contributed by atoms with van der Waals surface area (Å²) in [6.45, 7) is 8.97. The molecule has 0 spiro atoms. The molecule has 0 aliphatic carbocycles. The van der Waals surface area contributed by atoms with E-state index in [0.717, 1.165) is 0 Å². The van der Waals surface area contributed by atoms with Gasteiger partial charge in [0.15, 0.2) is 0 Å². The molecule has 1 atom stereocenters. The van der Waals surface area contributed by atoms with Crippen LogP contribution in [0.25, 0.3) is 0 Å². The monoisotopic (exact) mass is 268 g/mol. The van der Waals surface area contributed by atoms with Gasteiger partial charge in [0.1, 0.15) is 0 Å². The predicted molar refractivity (Wildman–Crippen MR) is 71.7 cm³/mol. The molecule has 0 aliphatic rings. The van der Waals surface area contributed by atoms with Gasteiger partial charge in [0.25, 0.3) is 0 Å². The SMILES string of the molecule is CCCC(Br)c1ccc(C(C)(C)C)cc1. The molecule has 0 aliphatic heterocycles. The lowest BCUT2D eigenvalue weighted by Gasteiger charge is -2.19. The Morgan fingerprint density at radius 2 is 1.67 bits per heavy atom. The Morgan fingerprint density at radius 1 is 1.13 bits per heavy atom. The van der Waals surface area contributed by atoms with Crippen LogP contribution in [0.2, 0.25) is 0 Å². The van der Waals surface area contributed by atoms with Gasteiger partial charge >= 0.3 is 0 Å². The van der Waals surface area contributed by atoms with E-state index in [0.29, 0.717) is 4.83 Å². The Bertz CT molecular complexity index is 292. The molecule has 0 fully saturated rings. The van der Waals surface area contributed by atoms with Crippen molar-refractivity contribution in [1.29, 1.82) is 0 Å². The quantitative estimate of drug-likeness (QED) is 0.660. The molecule has 0 amide bonds. The molecule has 0 radical (unpaired) electrons. The third-order valence-electron chi connectivity index (χ3n) is 2.68. The summed E-state index contributed by atoms with van der Waals surface area (Å²) in [5.41, 5.74) is 3.05. The van der Waals surface area contributed by atoms with Crippen LogP contribution in [0.4, 0.5) is 0 Å². The van der Waals surface area contributed by atoms with Crippen LogP contribution in [0.3, 0.4) is 0 Å². The lowest BCUT2D eigenvalue weighted by Crippen LogP contribution is -2.10. The lowest BCUT2D eigenvalue weighted by molar-refractivity contribution is 0.590. The number of benzene rings is 1. The van der Waals surface area contributed by atoms with E-state index in [9.17, 15) is 0 Å². The minimum atomic E-state index is 0.255. The number of rotatable bonds is 3. The van der Waals surface area contributed by atoms with E-state index in [-0.39, 0.29) is 5.41 Å². The maximum absolute atomic E-state index is 3.72. The highest BCUT2D eigenvalue weighted by molar-refractivity contribution is 9.09. The van der Waals surface area contributed by atoms with Crippen LogP contribution < -0.4 is 0 Å². The molecule has 0 nitrogen and oxygen atoms in total. The van der Waals surface area contributed by atoms with E-state index in [1.54, 1.807) is 0 Å². The minimum absolute atomic E-state index is 0.255. The van der Waals surface area contributed by atoms with Crippen molar-refractivity contribution in [3.05, 3.63) is 35.4 Å². The first-order valence-corrected chi connectivity index (χ1v) is 6.61. The summed E-state index contributed by atoms with van der Waals surface area (Å²) in [4.78, 5) is 0.511. The van der Waals surface area contributed by atoms with E-state index in [1.165, 1.54) is 24.0 Å². The van der Waals surface area contributed by atoms with Crippen molar-refractivity contribution in [3.63, 3.8) is 0 Å². The Labute approximate surface area is 102 Å². The summed E-state index contributed by atoms with van der Waals surface area (Å²) in [6, 6.07) is 8.99. The molecule has 1 aromatic carbocycles. The molecule has 1 heteroatoms. The molecule has 0 N–H and O–H groups in total. The van der Waals surface area contributed by atoms with Crippen molar-refractivity contribution < 1.29 is 0 Å². The molecule has 15 heavy (non-hydrogen) atoms. The van der Waals surface area contributed by atoms with E-state index >= 15 is 0 Å². The molecule has 1 unspecified atom stereocenters. The minimum Gasteiger partial charge on any atom is -0.0839 e. The van der Waals surface area contributed by atoms with Crippen molar-refractivity contribution in [2.24, 2.45) is 0 Å². The topological polar surface area (TPSA) is 0 Å². The summed E-state index contributed by atoms with van der Waals surface area (Å²) in [6.07, 6.45) is 2.42. The molecule has 0 saturated carbocycles. The van der Waals surface area contributed by atoms with Crippen LogP contribution in [-0.2, 0) is 5.41 Å². The highest BCUT2D eigenvalue weighted by atomic mass is 79.9. The van der Waals surface area contributed by atoms with Crippen molar-refractivity contribution in [2.75, 3.05) is 0 Å². The fraction of sp³-hybridized carbons (Fsp3) is 0.571. The Morgan fingerprint density at radius 3 is 2.07 bits per heavy atom. The standard InChI is InChI=1S/C14H21Br/c1-5-6-13(15)11-7-9-12(10-8-11)14(2,3)4/h7-10,13H,5-6H2,1-4H3. The van der Waals surface area contributed by atoms with Crippen molar-refractivity contribution >= 4 is 15.9 Å². The van der Waals surface area contributed by atoms with Crippen LogP contribution >= 0.6 is 15.9 Å². The summed E-state index contributed by atoms with van der Waals surface area (Å²) in [5.74, 6) is 0. The second-order valence-electron chi connectivity index (χ2n) is 5.13. The zero-order chi connectivity index (χ0) is 11.5. The molecule has 0 saturated heterocycles. The third-order valence-corrected chi connectivity index (χ3v) is 3.67. The predicted octanol–water partition coefficient (Wildman–Crippen LogP) is 5.22. The summed E-state index contributed by atoms with van der Waals surface area (Å²) < 4.78 is 0. The molecule has 0 heterocycles. The van der Waals surface area contributed by atoms with Crippen molar-refractivity contribution in [3.8, 4) is 0 Å². The molecule has 1 aromatic rings. The molecular weight excluding hydrogens is 248 g/mol. The van der Waals surface area contributed by atoms with E-state index in [2.05, 4.69) is 67.9 Å². The molecule has 0 bridgehead atoms. The van der Waals surface area contributed by atoms with Crippen LogP contribution in [0.1, 0.15) is 56.5 Å². The van der Waals surface area contributed by atoms with Gasteiger partial charge in [-0.25, -0.2) is 0 Å². The average molecular weight is 269 g/mol. The summed E-state index contributed by atoms with van der Waals surface area (Å²) >= 11 is 3.72. The molecule has 84 valence electrons. The van der Waals surface area contributed by atoms with Gasteiger partial charge in [0.05, 0.1) is 0 Å². The highest BCUT2D eigenvalue weighted by Crippen LogP contribution is 2.29. The van der Waals surface area contributed by atoms with Gasteiger partial charge in [0, 0.05) is 4.83 Å². The van der Waals surface area contributed by atoms with Gasteiger partial charge in [-0.05, 0) is 23.0 Å². The lowest BCUT2D eigenvalue weighted by atomic mass is 9.86. The van der Waals surface area contributed by atoms with Gasteiger partial charge in [-0.3, -0.25) is 0 Å². The maximum atomic E-state index is 3.72. The summed E-state index contributed by atoms with van der Waals surface area (Å²) in [5, 5.41) is 0. The molecule has 1 rings (SSSR count). The van der Waals surface area contributed by atoms with Crippen LogP contribution in [0.5, 0.6) is 0 Å². The third kappa shape index (κ3) is 3.64. The highest BCUT2D eigenvalue weighted by Gasteiger charge is 2.14. The van der Waals surface area contributed by atoms with Crippen LogP contribution in [-0.4, -0.2) is 0 Å². The second-order valence-corrected chi connectivity index (χ2v) is 6.23. The smallest absolute Gasteiger partial charge is 0.0395 e. The zero-order valence-corrected chi connectivity index (χ0v) is 11.8. The van der Waals surface area contributed by atoms with Gasteiger partial charge in [0.2, 0.25) is 0 Å². The Hall–Kier alpha value is -0.300. The Balaban J connectivity index is 2.81. The first kappa shape index (κ1) is 12.8. The van der Waals surface area contributed by atoms with Crippen LogP contribution in [0.15, 0.2) is 24.3 Å². The van der Waals surface area contributed by atoms with E-state index < -0.39 is 0 Å². The zero-order valence-electron chi connectivity index (χ0n) is 10.2. The summed E-state index contributed by atoms with van der Waals surface area (Å²) in [7, 11) is 0. The average Bonchev–Trinajstić information content (AvgIpc) is 2.17. The fourth-order valence-corrected chi connectivity index (χ4v) is 2.38. The van der Waals surface area contributed by atoms with Gasteiger partial charge in [-0.1, -0.05) is 74.3 Å². The molecular formula is C14H21Br. The normalized spacial score (nSPS) is 13.9. The van der Waals surface area contributed by atoms with Crippen molar-refractivity contribution in [1.82, 2.24) is 0 Å². The molecule has 0 aromatic heterocycles. The number of hydrogen-bond acceptors (Lipinski definition) is 0. The fourth-order valence-electron chi connectivity index (χ4n) is 1.61. The number of halogens is 1. The first-order valence-electron chi connectivity index (χ1n) is 5.69. The van der Waals surface area contributed by atoms with Crippen LogP contribution in [0, 0.1) is 0 Å². The first-order chi connectivity index (χ1) is 6.95. The van der Waals surface area contributed by atoms with E-state index in [4.69, 9.17) is 0 Å². The number of hydrogen-bond donors (Lipinski definition) is 0. The second kappa shape index (κ2) is 5.16. The van der Waals surface area contributed by atoms with Gasteiger partial charge < -0.3 is 0 Å². The number of alkyl halides is 1. The largest absolute Gasteiger partial charge is 0.0839 e. The van der Waals surface area contributed by atoms with E-state index in [1.807, 2.05) is 0 Å².